The summed E-state index contributed by atoms with van der Waals surface area (Å²) in [6.07, 6.45) is 4.78. The largest absolute Gasteiger partial charge is 0.397 e. The number of anilines is 3. The van der Waals surface area contributed by atoms with Crippen molar-refractivity contribution in [1.82, 2.24) is 19.9 Å². The Balaban J connectivity index is 1.60. The van der Waals surface area contributed by atoms with Gasteiger partial charge in [0.15, 0.2) is 0 Å². The Bertz CT molecular complexity index is 1400. The molecule has 9 nitrogen and oxygen atoms in total. The molecule has 0 bridgehead atoms. The van der Waals surface area contributed by atoms with E-state index in [1.165, 1.54) is 11.1 Å². The van der Waals surface area contributed by atoms with Gasteiger partial charge in [0.25, 0.3) is 0 Å². The van der Waals surface area contributed by atoms with Gasteiger partial charge in [0.1, 0.15) is 11.6 Å². The molecule has 0 saturated heterocycles. The molecule has 3 heterocycles. The van der Waals surface area contributed by atoms with Gasteiger partial charge in [-0.3, -0.25) is 14.6 Å². The fourth-order valence-corrected chi connectivity index (χ4v) is 3.75. The van der Waals surface area contributed by atoms with Crippen LogP contribution in [0.5, 0.6) is 0 Å². The number of nitrogens with zero attached hydrogens (tertiary/aromatic N) is 4. The minimum atomic E-state index is -0.764. The Morgan fingerprint density at radius 1 is 1.06 bits per heavy atom. The summed E-state index contributed by atoms with van der Waals surface area (Å²) in [5, 5.41) is 3.95. The van der Waals surface area contributed by atoms with E-state index >= 15 is 0 Å². The van der Waals surface area contributed by atoms with Crippen LogP contribution >= 0.6 is 0 Å². The molecule has 0 aliphatic carbocycles. The Morgan fingerprint density at radius 3 is 2.51 bits per heavy atom. The van der Waals surface area contributed by atoms with E-state index in [0.29, 0.717) is 28.7 Å². The van der Waals surface area contributed by atoms with Gasteiger partial charge in [0, 0.05) is 35.9 Å². The maximum absolute atomic E-state index is 13.0. The summed E-state index contributed by atoms with van der Waals surface area (Å²) in [6, 6.07) is 12.8. The molecular weight excluding hydrogens is 442 g/mol. The third-order valence-electron chi connectivity index (χ3n) is 5.79. The lowest BCUT2D eigenvalue weighted by Crippen LogP contribution is -2.43. The maximum Gasteiger partial charge on any atom is 0.315 e. The zero-order valence-electron chi connectivity index (χ0n) is 19.8. The standard InChI is InChI=1S/C26H27N7O2/c1-15(2)33(14-17-7-5-4-6-8-17)26(35)25(34)32-23-10-18-9-22(31-24(28)20(18)12-30-23)19-11-29-13-21(27)16(19)3/h4-13,15H,14,27H2,1-3H3,(H2,28,31)(H,30,32,34). The summed E-state index contributed by atoms with van der Waals surface area (Å²) in [7, 11) is 0. The first-order valence-corrected chi connectivity index (χ1v) is 11.2. The summed E-state index contributed by atoms with van der Waals surface area (Å²) in [5.74, 6) is -0.880. The number of pyridine rings is 3. The fourth-order valence-electron chi connectivity index (χ4n) is 3.75. The van der Waals surface area contributed by atoms with Crippen LogP contribution < -0.4 is 16.8 Å². The van der Waals surface area contributed by atoms with Gasteiger partial charge in [-0.1, -0.05) is 30.3 Å². The second-order valence-electron chi connectivity index (χ2n) is 8.55. The van der Waals surface area contributed by atoms with Gasteiger partial charge >= 0.3 is 11.8 Å². The number of nitrogens with one attached hydrogen (secondary N) is 1. The van der Waals surface area contributed by atoms with Crippen LogP contribution in [0.25, 0.3) is 22.0 Å². The van der Waals surface area contributed by atoms with E-state index in [2.05, 4.69) is 20.3 Å². The average molecular weight is 470 g/mol. The first kappa shape index (κ1) is 23.6. The number of aromatic nitrogens is 3. The van der Waals surface area contributed by atoms with E-state index in [1.807, 2.05) is 57.2 Å². The number of amides is 2. The highest BCUT2D eigenvalue weighted by Gasteiger charge is 2.25. The molecule has 2 amide bonds. The minimum absolute atomic E-state index is 0.165. The molecule has 0 unspecified atom stereocenters. The van der Waals surface area contributed by atoms with Crippen molar-refractivity contribution in [3.05, 3.63) is 72.2 Å². The van der Waals surface area contributed by atoms with E-state index in [9.17, 15) is 9.59 Å². The lowest BCUT2D eigenvalue weighted by molar-refractivity contribution is -0.144. The number of benzene rings is 1. The van der Waals surface area contributed by atoms with Crippen molar-refractivity contribution in [2.75, 3.05) is 16.8 Å². The highest BCUT2D eigenvalue weighted by atomic mass is 16.2. The molecule has 0 saturated carbocycles. The van der Waals surface area contributed by atoms with Gasteiger partial charge in [0.2, 0.25) is 0 Å². The predicted octanol–water partition coefficient (Wildman–Crippen LogP) is 3.54. The summed E-state index contributed by atoms with van der Waals surface area (Å²) < 4.78 is 0. The SMILES string of the molecule is Cc1c(N)cncc1-c1cc2cc(NC(=O)C(=O)N(Cc3ccccc3)C(C)C)ncc2c(N)n1. The van der Waals surface area contributed by atoms with Crippen LogP contribution in [0.3, 0.4) is 0 Å². The lowest BCUT2D eigenvalue weighted by atomic mass is 10.0. The molecular formula is C26H27N7O2. The average Bonchev–Trinajstić information content (AvgIpc) is 2.84. The number of carbonyl (C=O) groups is 2. The Hall–Kier alpha value is -4.53. The first-order valence-electron chi connectivity index (χ1n) is 11.2. The van der Waals surface area contributed by atoms with Crippen LogP contribution in [0, 0.1) is 6.92 Å². The zero-order valence-corrected chi connectivity index (χ0v) is 19.8. The van der Waals surface area contributed by atoms with Crippen molar-refractivity contribution < 1.29 is 9.59 Å². The molecule has 3 aromatic heterocycles. The molecule has 4 aromatic rings. The third kappa shape index (κ3) is 5.03. The number of hydrogen-bond acceptors (Lipinski definition) is 7. The molecule has 178 valence electrons. The number of hydrogen-bond donors (Lipinski definition) is 3. The molecule has 9 heteroatoms. The molecule has 4 rings (SSSR count). The first-order chi connectivity index (χ1) is 16.7. The van der Waals surface area contributed by atoms with Crippen molar-refractivity contribution >= 4 is 39.9 Å². The normalized spacial score (nSPS) is 11.0. The van der Waals surface area contributed by atoms with Gasteiger partial charge in [0.05, 0.1) is 17.6 Å². The second-order valence-corrected chi connectivity index (χ2v) is 8.55. The Labute approximate surface area is 203 Å². The van der Waals surface area contributed by atoms with E-state index in [4.69, 9.17) is 11.5 Å². The van der Waals surface area contributed by atoms with Crippen LogP contribution in [-0.4, -0.2) is 37.7 Å². The van der Waals surface area contributed by atoms with Crippen molar-refractivity contribution in [3.8, 4) is 11.3 Å². The zero-order chi connectivity index (χ0) is 25.1. The molecule has 0 atom stereocenters. The highest BCUT2D eigenvalue weighted by molar-refractivity contribution is 6.39. The van der Waals surface area contributed by atoms with Crippen LogP contribution in [0.1, 0.15) is 25.0 Å². The summed E-state index contributed by atoms with van der Waals surface area (Å²) in [5.41, 5.74) is 15.9. The molecule has 5 N–H and O–H groups in total. The molecule has 0 spiro atoms. The van der Waals surface area contributed by atoms with Crippen LogP contribution in [0.4, 0.5) is 17.3 Å². The smallest absolute Gasteiger partial charge is 0.315 e. The van der Waals surface area contributed by atoms with Crippen molar-refractivity contribution in [1.29, 1.82) is 0 Å². The number of carbonyl (C=O) groups excluding carboxylic acids is 2. The van der Waals surface area contributed by atoms with Crippen LogP contribution in [0.15, 0.2) is 61.1 Å². The summed E-state index contributed by atoms with van der Waals surface area (Å²) in [4.78, 5) is 40.2. The van der Waals surface area contributed by atoms with Crippen molar-refractivity contribution in [2.45, 2.75) is 33.4 Å². The van der Waals surface area contributed by atoms with Gasteiger partial charge in [-0.05, 0) is 49.4 Å². The molecule has 0 aliphatic rings. The second kappa shape index (κ2) is 9.76. The van der Waals surface area contributed by atoms with E-state index < -0.39 is 11.8 Å². The van der Waals surface area contributed by atoms with Gasteiger partial charge in [-0.25, -0.2) is 9.97 Å². The summed E-state index contributed by atoms with van der Waals surface area (Å²) >= 11 is 0. The molecule has 35 heavy (non-hydrogen) atoms. The van der Waals surface area contributed by atoms with E-state index in [0.717, 1.165) is 16.7 Å². The van der Waals surface area contributed by atoms with Gasteiger partial charge in [-0.2, -0.15) is 0 Å². The van der Waals surface area contributed by atoms with Gasteiger partial charge in [-0.15, -0.1) is 0 Å². The Morgan fingerprint density at radius 2 is 1.80 bits per heavy atom. The van der Waals surface area contributed by atoms with Crippen molar-refractivity contribution in [3.63, 3.8) is 0 Å². The molecule has 0 fully saturated rings. The predicted molar refractivity (Wildman–Crippen MR) is 137 cm³/mol. The topological polar surface area (TPSA) is 140 Å². The molecule has 1 aromatic carbocycles. The Kier molecular flexibility index (Phi) is 6.59. The van der Waals surface area contributed by atoms with Crippen LogP contribution in [-0.2, 0) is 16.1 Å². The maximum atomic E-state index is 13.0. The quantitative estimate of drug-likeness (QED) is 0.380. The number of nitrogen functional groups attached to an aromatic ring is 2. The number of fused-ring (bicyclic) bond motifs is 1. The van der Waals surface area contributed by atoms with E-state index in [-0.39, 0.29) is 17.7 Å². The van der Waals surface area contributed by atoms with E-state index in [1.54, 1.807) is 18.5 Å². The third-order valence-corrected chi connectivity index (χ3v) is 5.79. The lowest BCUT2D eigenvalue weighted by Gasteiger charge is -2.26. The van der Waals surface area contributed by atoms with Gasteiger partial charge < -0.3 is 21.7 Å². The highest BCUT2D eigenvalue weighted by Crippen LogP contribution is 2.30. The van der Waals surface area contributed by atoms with Crippen LogP contribution in [0.2, 0.25) is 0 Å². The summed E-state index contributed by atoms with van der Waals surface area (Å²) in [6.45, 7) is 5.95. The molecule has 0 radical (unpaired) electrons. The molecule has 0 aliphatic heterocycles. The van der Waals surface area contributed by atoms with Crippen molar-refractivity contribution in [2.24, 2.45) is 0 Å². The fraction of sp³-hybridized carbons (Fsp3) is 0.192. The monoisotopic (exact) mass is 469 g/mol. The minimum Gasteiger partial charge on any atom is -0.397 e. The number of rotatable bonds is 5. The number of nitrogens with two attached hydrogens (primary N) is 2.